The van der Waals surface area contributed by atoms with E-state index in [2.05, 4.69) is 21.6 Å². The van der Waals surface area contributed by atoms with E-state index in [1.54, 1.807) is 0 Å². The Morgan fingerprint density at radius 3 is 2.64 bits per heavy atom. The van der Waals surface area contributed by atoms with Gasteiger partial charge < -0.3 is 0 Å². The van der Waals surface area contributed by atoms with Crippen LogP contribution in [0, 0.1) is 11.8 Å². The van der Waals surface area contributed by atoms with Gasteiger partial charge in [-0.15, -0.1) is 0 Å². The van der Waals surface area contributed by atoms with Crippen molar-refractivity contribution in [2.75, 3.05) is 0 Å². The lowest BCUT2D eigenvalue weighted by Crippen LogP contribution is -2.40. The van der Waals surface area contributed by atoms with Crippen LogP contribution in [0.25, 0.3) is 0 Å². The Morgan fingerprint density at radius 2 is 1.64 bits per heavy atom. The molecule has 2 aliphatic carbocycles. The molecular formula is C10H16S4. The highest BCUT2D eigenvalue weighted by atomic mass is 33.7. The Morgan fingerprint density at radius 1 is 0.786 bits per heavy atom. The number of rotatable bonds is 0. The van der Waals surface area contributed by atoms with Crippen molar-refractivity contribution >= 4 is 41.2 Å². The third kappa shape index (κ3) is 1.96. The molecule has 3 fully saturated rings. The van der Waals surface area contributed by atoms with Gasteiger partial charge in [-0.3, -0.25) is 0 Å². The fourth-order valence-electron chi connectivity index (χ4n) is 3.21. The molecule has 0 amide bonds. The van der Waals surface area contributed by atoms with Crippen LogP contribution in [0.3, 0.4) is 0 Å². The summed E-state index contributed by atoms with van der Waals surface area (Å²) in [6, 6.07) is 0. The van der Waals surface area contributed by atoms with E-state index in [1.165, 1.54) is 38.5 Å². The van der Waals surface area contributed by atoms with Crippen LogP contribution in [-0.4, -0.2) is 10.5 Å². The van der Waals surface area contributed by atoms with Crippen molar-refractivity contribution in [1.82, 2.24) is 0 Å². The Kier molecular flexibility index (Phi) is 3.56. The van der Waals surface area contributed by atoms with Crippen LogP contribution in [0.5, 0.6) is 0 Å². The molecule has 0 bridgehead atoms. The summed E-state index contributed by atoms with van der Waals surface area (Å²) in [7, 11) is 8.40. The van der Waals surface area contributed by atoms with Gasteiger partial charge in [0.25, 0.3) is 0 Å². The minimum atomic E-state index is 0.977. The number of hydrogen-bond acceptors (Lipinski definition) is 4. The highest BCUT2D eigenvalue weighted by Gasteiger charge is 2.42. The van der Waals surface area contributed by atoms with Gasteiger partial charge in [0.15, 0.2) is 0 Å². The maximum atomic E-state index is 2.19. The Labute approximate surface area is 102 Å². The summed E-state index contributed by atoms with van der Waals surface area (Å²) in [6.07, 6.45) is 9.12. The molecule has 2 saturated carbocycles. The van der Waals surface area contributed by atoms with E-state index in [1.807, 2.05) is 19.7 Å². The van der Waals surface area contributed by atoms with Gasteiger partial charge in [0.1, 0.15) is 0 Å². The monoisotopic (exact) mass is 264 g/mol. The van der Waals surface area contributed by atoms with E-state index >= 15 is 0 Å². The van der Waals surface area contributed by atoms with Gasteiger partial charge in [-0.25, -0.2) is 0 Å². The van der Waals surface area contributed by atoms with Crippen LogP contribution in [-0.2, 0) is 0 Å². The summed E-state index contributed by atoms with van der Waals surface area (Å²) in [5.74, 6) is 2.18. The maximum absolute atomic E-state index is 2.19. The fraction of sp³-hybridized carbons (Fsp3) is 1.00. The second kappa shape index (κ2) is 4.72. The zero-order chi connectivity index (χ0) is 9.38. The fourth-order valence-corrected chi connectivity index (χ4v) is 11.8. The van der Waals surface area contributed by atoms with Crippen molar-refractivity contribution in [3.8, 4) is 0 Å². The largest absolute Gasteiger partial charge is 0.0771 e. The molecule has 1 heterocycles. The van der Waals surface area contributed by atoms with Crippen LogP contribution in [0.4, 0.5) is 0 Å². The molecule has 0 aromatic rings. The Bertz CT molecular complexity index is 186. The second-order valence-electron chi connectivity index (χ2n) is 4.62. The lowest BCUT2D eigenvalue weighted by molar-refractivity contribution is 0.183. The average molecular weight is 265 g/mol. The normalized spacial score (nSPS) is 48.0. The van der Waals surface area contributed by atoms with Crippen molar-refractivity contribution in [1.29, 1.82) is 0 Å². The Balaban J connectivity index is 1.74. The molecule has 0 nitrogen and oxygen atoms in total. The van der Waals surface area contributed by atoms with Gasteiger partial charge in [-0.1, -0.05) is 40.9 Å². The molecular weight excluding hydrogens is 248 g/mol. The molecule has 0 aromatic carbocycles. The van der Waals surface area contributed by atoms with Crippen LogP contribution in [0.2, 0.25) is 0 Å². The molecule has 80 valence electrons. The first-order chi connectivity index (χ1) is 6.95. The van der Waals surface area contributed by atoms with Crippen molar-refractivity contribution in [3.05, 3.63) is 0 Å². The van der Waals surface area contributed by atoms with Crippen LogP contribution >= 0.6 is 41.2 Å². The third-order valence-corrected chi connectivity index (χ3v) is 11.4. The molecule has 0 aromatic heterocycles. The first-order valence-electron chi connectivity index (χ1n) is 5.60. The molecule has 1 aliphatic heterocycles. The maximum Gasteiger partial charge on any atom is 0.0318 e. The van der Waals surface area contributed by atoms with Gasteiger partial charge in [0.2, 0.25) is 0 Å². The number of fused-ring (bicyclic) bond motifs is 3. The number of hydrogen-bond donors (Lipinski definition) is 0. The average Bonchev–Trinajstić information content (AvgIpc) is 2.29. The van der Waals surface area contributed by atoms with Crippen LogP contribution in [0.15, 0.2) is 0 Å². The van der Waals surface area contributed by atoms with E-state index in [0.29, 0.717) is 0 Å². The van der Waals surface area contributed by atoms with E-state index in [0.717, 1.165) is 22.3 Å². The van der Waals surface area contributed by atoms with Crippen molar-refractivity contribution < 1.29 is 0 Å². The lowest BCUT2D eigenvalue weighted by Gasteiger charge is -2.45. The molecule has 0 spiro atoms. The van der Waals surface area contributed by atoms with E-state index < -0.39 is 0 Å². The summed E-state index contributed by atoms with van der Waals surface area (Å²) < 4.78 is 0. The molecule has 14 heavy (non-hydrogen) atoms. The van der Waals surface area contributed by atoms with E-state index in [4.69, 9.17) is 0 Å². The molecule has 4 unspecified atom stereocenters. The van der Waals surface area contributed by atoms with Gasteiger partial charge in [0.05, 0.1) is 0 Å². The lowest BCUT2D eigenvalue weighted by atomic mass is 9.70. The van der Waals surface area contributed by atoms with Crippen molar-refractivity contribution in [2.45, 2.75) is 49.0 Å². The minimum Gasteiger partial charge on any atom is -0.0771 e. The summed E-state index contributed by atoms with van der Waals surface area (Å²) in [4.78, 5) is 0. The molecule has 1 saturated heterocycles. The smallest absolute Gasteiger partial charge is 0.0318 e. The quantitative estimate of drug-likeness (QED) is 0.563. The highest BCUT2D eigenvalue weighted by molar-refractivity contribution is 9.27. The zero-order valence-electron chi connectivity index (χ0n) is 8.19. The first-order valence-corrected chi connectivity index (χ1v) is 10.5. The minimum absolute atomic E-state index is 0.977. The molecule has 4 atom stereocenters. The topological polar surface area (TPSA) is 0 Å². The summed E-state index contributed by atoms with van der Waals surface area (Å²) in [5, 5.41) is 1.97. The molecule has 0 radical (unpaired) electrons. The van der Waals surface area contributed by atoms with E-state index in [-0.39, 0.29) is 0 Å². The summed E-state index contributed by atoms with van der Waals surface area (Å²) in [6.45, 7) is 0. The van der Waals surface area contributed by atoms with Crippen LogP contribution < -0.4 is 0 Å². The summed E-state index contributed by atoms with van der Waals surface area (Å²) in [5.41, 5.74) is 0. The predicted octanol–water partition coefficient (Wildman–Crippen LogP) is 5.02. The third-order valence-electron chi connectivity index (χ3n) is 3.92. The predicted molar refractivity (Wildman–Crippen MR) is 72.6 cm³/mol. The van der Waals surface area contributed by atoms with Gasteiger partial charge in [0, 0.05) is 10.5 Å². The highest BCUT2D eigenvalue weighted by Crippen LogP contribution is 2.61. The molecule has 4 heteroatoms. The summed E-state index contributed by atoms with van der Waals surface area (Å²) >= 11 is 0. The van der Waals surface area contributed by atoms with Crippen molar-refractivity contribution in [2.24, 2.45) is 11.8 Å². The van der Waals surface area contributed by atoms with E-state index in [9.17, 15) is 0 Å². The van der Waals surface area contributed by atoms with Crippen LogP contribution in [0.1, 0.15) is 38.5 Å². The van der Waals surface area contributed by atoms with Gasteiger partial charge in [-0.2, -0.15) is 0 Å². The first kappa shape index (κ1) is 10.5. The van der Waals surface area contributed by atoms with Crippen molar-refractivity contribution in [3.63, 3.8) is 0 Å². The van der Waals surface area contributed by atoms with Gasteiger partial charge >= 0.3 is 0 Å². The second-order valence-corrected chi connectivity index (χ2v) is 10.8. The zero-order valence-corrected chi connectivity index (χ0v) is 11.5. The Hall–Kier alpha value is 1.40. The standard InChI is InChI=1S/C10H16S4/c1-2-4-8-7(3-1)5-6-9-10(8)12-14-13-11-9/h7-10H,1-6H2. The molecule has 3 aliphatic rings. The SMILES string of the molecule is C1CCC2C(C1)CCC1SSSSC12. The molecule has 0 N–H and O–H groups in total. The van der Waals surface area contributed by atoms with Gasteiger partial charge in [-0.05, 0) is 50.8 Å². The molecule has 3 rings (SSSR count).